The van der Waals surface area contributed by atoms with E-state index >= 15 is 0 Å². The van der Waals surface area contributed by atoms with Crippen LogP contribution in [0.2, 0.25) is 0 Å². The average molecular weight is 343 g/mol. The molecule has 8 heteroatoms. The third-order valence-electron chi connectivity index (χ3n) is 5.33. The van der Waals surface area contributed by atoms with Crippen molar-refractivity contribution in [1.29, 1.82) is 0 Å². The highest BCUT2D eigenvalue weighted by atomic mass is 16.5. The van der Waals surface area contributed by atoms with Crippen LogP contribution in [-0.2, 0) is 16.1 Å². The molecule has 0 unspecified atom stereocenters. The summed E-state index contributed by atoms with van der Waals surface area (Å²) < 4.78 is 5.26. The van der Waals surface area contributed by atoms with Crippen molar-refractivity contribution in [2.24, 2.45) is 10.8 Å². The number of aliphatic carboxylic acids is 2. The van der Waals surface area contributed by atoms with Crippen LogP contribution in [0.15, 0.2) is 28.8 Å². The lowest BCUT2D eigenvalue weighted by atomic mass is 9.97. The van der Waals surface area contributed by atoms with E-state index in [1.807, 2.05) is 31.2 Å². The second-order valence-corrected chi connectivity index (χ2v) is 6.98. The minimum atomic E-state index is -1.19. The third kappa shape index (κ3) is 2.25. The van der Waals surface area contributed by atoms with E-state index in [1.54, 1.807) is 4.90 Å². The molecule has 25 heavy (non-hydrogen) atoms. The molecule has 4 rings (SSSR count). The molecule has 2 fully saturated rings. The number of benzene rings is 1. The lowest BCUT2D eigenvalue weighted by molar-refractivity contribution is -0.151. The van der Waals surface area contributed by atoms with Gasteiger partial charge in [0.25, 0.3) is 5.89 Å². The van der Waals surface area contributed by atoms with Gasteiger partial charge in [-0.2, -0.15) is 4.98 Å². The number of fused-ring (bicyclic) bond motifs is 1. The monoisotopic (exact) mass is 343 g/mol. The molecule has 1 aliphatic carbocycles. The van der Waals surface area contributed by atoms with Gasteiger partial charge in [0.05, 0.1) is 17.4 Å². The number of nitrogens with zero attached hydrogens (tertiary/aromatic N) is 3. The topological polar surface area (TPSA) is 117 Å². The molecule has 1 aliphatic heterocycles. The Morgan fingerprint density at radius 1 is 1.16 bits per heavy atom. The highest BCUT2D eigenvalue weighted by Crippen LogP contribution is 2.68. The minimum absolute atomic E-state index is 0.183. The molecular formula is C17H17N3O5. The third-order valence-corrected chi connectivity index (χ3v) is 5.33. The summed E-state index contributed by atoms with van der Waals surface area (Å²) >= 11 is 0. The summed E-state index contributed by atoms with van der Waals surface area (Å²) in [5.74, 6) is -1.30. The van der Waals surface area contributed by atoms with Gasteiger partial charge in [-0.15, -0.1) is 0 Å². The number of aromatic nitrogens is 2. The first-order valence-electron chi connectivity index (χ1n) is 7.95. The molecular weight excluding hydrogens is 326 g/mol. The summed E-state index contributed by atoms with van der Waals surface area (Å²) in [7, 11) is 0. The van der Waals surface area contributed by atoms with Crippen LogP contribution in [0.4, 0.5) is 0 Å². The zero-order valence-corrected chi connectivity index (χ0v) is 13.6. The average Bonchev–Trinajstić information content (AvgIpc) is 2.89. The standard InChI is InChI=1S/C17H17N3O5/c1-10-2-4-11(5-3-10)13-18-12(19-25-13)6-20-8-16(14(21)22)7-17(16,9-20)15(23)24/h2-5H,6-9H2,1H3,(H,21,22)(H,23,24)/t16-,17+. The second kappa shape index (κ2) is 5.13. The maximum absolute atomic E-state index is 11.5. The van der Waals surface area contributed by atoms with Gasteiger partial charge in [0, 0.05) is 18.7 Å². The molecule has 1 aromatic heterocycles. The van der Waals surface area contributed by atoms with E-state index in [9.17, 15) is 19.8 Å². The molecule has 1 aromatic carbocycles. The fourth-order valence-electron chi connectivity index (χ4n) is 3.84. The number of likely N-dealkylation sites (tertiary alicyclic amines) is 1. The van der Waals surface area contributed by atoms with Crippen LogP contribution in [0.5, 0.6) is 0 Å². The smallest absolute Gasteiger partial charge is 0.312 e. The van der Waals surface area contributed by atoms with Gasteiger partial charge in [0.15, 0.2) is 5.82 Å². The van der Waals surface area contributed by atoms with E-state index in [2.05, 4.69) is 10.1 Å². The van der Waals surface area contributed by atoms with E-state index in [0.717, 1.165) is 11.1 Å². The Labute approximate surface area is 143 Å². The molecule has 2 atom stereocenters. The fourth-order valence-corrected chi connectivity index (χ4v) is 3.84. The molecule has 0 bridgehead atoms. The van der Waals surface area contributed by atoms with Crippen LogP contribution in [-0.4, -0.2) is 50.3 Å². The van der Waals surface area contributed by atoms with E-state index in [1.165, 1.54) is 0 Å². The number of hydrogen-bond acceptors (Lipinski definition) is 6. The predicted molar refractivity (Wildman–Crippen MR) is 84.5 cm³/mol. The molecule has 0 radical (unpaired) electrons. The Balaban J connectivity index is 1.50. The number of rotatable bonds is 5. The fraction of sp³-hybridized carbons (Fsp3) is 0.412. The summed E-state index contributed by atoms with van der Waals surface area (Å²) in [6.07, 6.45) is 0.183. The lowest BCUT2D eigenvalue weighted by Crippen LogP contribution is -2.28. The highest BCUT2D eigenvalue weighted by Gasteiger charge is 2.80. The van der Waals surface area contributed by atoms with Crippen molar-refractivity contribution < 1.29 is 24.3 Å². The number of aryl methyl sites for hydroxylation is 1. The van der Waals surface area contributed by atoms with Crippen LogP contribution in [0.25, 0.3) is 11.5 Å². The largest absolute Gasteiger partial charge is 0.481 e. The first kappa shape index (κ1) is 15.8. The first-order valence-corrected chi connectivity index (χ1v) is 7.95. The van der Waals surface area contributed by atoms with Gasteiger partial charge in [-0.25, -0.2) is 0 Å². The number of carboxylic acids is 2. The maximum atomic E-state index is 11.5. The van der Waals surface area contributed by atoms with Crippen LogP contribution in [0.1, 0.15) is 17.8 Å². The van der Waals surface area contributed by atoms with Gasteiger partial charge in [-0.1, -0.05) is 22.9 Å². The van der Waals surface area contributed by atoms with Gasteiger partial charge < -0.3 is 14.7 Å². The number of carbonyl (C=O) groups is 2. The van der Waals surface area contributed by atoms with E-state index in [0.29, 0.717) is 11.7 Å². The molecule has 2 aliphatic rings. The van der Waals surface area contributed by atoms with Crippen LogP contribution in [0.3, 0.4) is 0 Å². The zero-order chi connectivity index (χ0) is 17.8. The lowest BCUT2D eigenvalue weighted by Gasteiger charge is -2.17. The number of piperidine rings is 1. The SMILES string of the molecule is Cc1ccc(-c2nc(CN3C[C@@]4(C(=O)O)C[C@@]4(C(=O)O)C3)no2)cc1. The first-order chi connectivity index (χ1) is 11.9. The molecule has 2 N–H and O–H groups in total. The summed E-state index contributed by atoms with van der Waals surface area (Å²) in [5, 5.41) is 22.8. The quantitative estimate of drug-likeness (QED) is 0.837. The van der Waals surface area contributed by atoms with Crippen molar-refractivity contribution in [2.45, 2.75) is 19.9 Å². The Morgan fingerprint density at radius 2 is 1.76 bits per heavy atom. The van der Waals surface area contributed by atoms with Crippen LogP contribution >= 0.6 is 0 Å². The van der Waals surface area contributed by atoms with E-state index in [-0.39, 0.29) is 26.1 Å². The summed E-state index contributed by atoms with van der Waals surface area (Å²) in [6.45, 7) is 2.61. The number of hydrogen-bond donors (Lipinski definition) is 2. The number of carboxylic acid groups (broad SMARTS) is 2. The van der Waals surface area contributed by atoms with E-state index < -0.39 is 22.8 Å². The molecule has 0 amide bonds. The Bertz CT molecular complexity index is 833. The van der Waals surface area contributed by atoms with Crippen LogP contribution in [0, 0.1) is 17.8 Å². The summed E-state index contributed by atoms with van der Waals surface area (Å²) in [6, 6.07) is 7.66. The molecule has 0 spiro atoms. The van der Waals surface area contributed by atoms with Gasteiger partial charge >= 0.3 is 11.9 Å². The summed E-state index contributed by atoms with van der Waals surface area (Å²) in [5.41, 5.74) is -0.458. The van der Waals surface area contributed by atoms with Gasteiger partial charge in [0.1, 0.15) is 0 Å². The summed E-state index contributed by atoms with van der Waals surface area (Å²) in [4.78, 5) is 29.2. The van der Waals surface area contributed by atoms with Gasteiger partial charge in [-0.3, -0.25) is 14.5 Å². The molecule has 2 heterocycles. The molecule has 1 saturated carbocycles. The Morgan fingerprint density at radius 3 is 2.32 bits per heavy atom. The molecule has 130 valence electrons. The Hall–Kier alpha value is -2.74. The molecule has 8 nitrogen and oxygen atoms in total. The van der Waals surface area contributed by atoms with Crippen molar-refractivity contribution in [1.82, 2.24) is 15.0 Å². The van der Waals surface area contributed by atoms with Crippen LogP contribution < -0.4 is 0 Å². The normalized spacial score (nSPS) is 27.9. The Kier molecular flexibility index (Phi) is 3.23. The predicted octanol–water partition coefficient (Wildman–Crippen LogP) is 1.41. The minimum Gasteiger partial charge on any atom is -0.481 e. The van der Waals surface area contributed by atoms with Crippen molar-refractivity contribution in [3.8, 4) is 11.5 Å². The zero-order valence-electron chi connectivity index (χ0n) is 13.6. The van der Waals surface area contributed by atoms with Crippen molar-refractivity contribution in [2.75, 3.05) is 13.1 Å². The maximum Gasteiger partial charge on any atom is 0.312 e. The molecule has 1 saturated heterocycles. The van der Waals surface area contributed by atoms with Crippen molar-refractivity contribution in [3.05, 3.63) is 35.7 Å². The van der Waals surface area contributed by atoms with Crippen molar-refractivity contribution in [3.63, 3.8) is 0 Å². The van der Waals surface area contributed by atoms with Gasteiger partial charge in [0.2, 0.25) is 0 Å². The van der Waals surface area contributed by atoms with Crippen molar-refractivity contribution >= 4 is 11.9 Å². The highest BCUT2D eigenvalue weighted by molar-refractivity contribution is 5.94. The second-order valence-electron chi connectivity index (χ2n) is 6.98. The van der Waals surface area contributed by atoms with E-state index in [4.69, 9.17) is 4.52 Å². The van der Waals surface area contributed by atoms with Gasteiger partial charge in [-0.05, 0) is 25.5 Å². The molecule has 2 aromatic rings.